The molecule has 112 valence electrons. The molecule has 0 amide bonds. The summed E-state index contributed by atoms with van der Waals surface area (Å²) in [5.74, 6) is 1.57. The maximum absolute atomic E-state index is 4.36. The van der Waals surface area contributed by atoms with E-state index in [4.69, 9.17) is 0 Å². The average Bonchev–Trinajstić information content (AvgIpc) is 2.93. The van der Waals surface area contributed by atoms with Crippen molar-refractivity contribution in [1.82, 2.24) is 14.9 Å². The van der Waals surface area contributed by atoms with E-state index in [1.54, 1.807) is 11.3 Å². The molecule has 0 radical (unpaired) electrons. The van der Waals surface area contributed by atoms with E-state index in [9.17, 15) is 0 Å². The fourth-order valence-corrected chi connectivity index (χ4v) is 3.81. The highest BCUT2D eigenvalue weighted by atomic mass is 32.1. The Kier molecular flexibility index (Phi) is 4.51. The molecule has 0 aliphatic carbocycles. The fraction of sp³-hybridized carbons (Fsp3) is 0.500. The summed E-state index contributed by atoms with van der Waals surface area (Å²) in [4.78, 5) is 12.6. The highest BCUT2D eigenvalue weighted by Crippen LogP contribution is 2.29. The number of hydrogen-bond donors (Lipinski definition) is 1. The number of hydrogen-bond acceptors (Lipinski definition) is 5. The summed E-state index contributed by atoms with van der Waals surface area (Å²) in [6.45, 7) is 5.47. The number of aryl methyl sites for hydroxylation is 1. The van der Waals surface area contributed by atoms with Crippen LogP contribution in [0.3, 0.4) is 0 Å². The zero-order valence-electron chi connectivity index (χ0n) is 12.7. The third-order valence-electron chi connectivity index (χ3n) is 4.23. The van der Waals surface area contributed by atoms with Crippen LogP contribution in [0.4, 0.5) is 5.82 Å². The molecule has 1 N–H and O–H groups in total. The van der Waals surface area contributed by atoms with Gasteiger partial charge in [-0.15, -0.1) is 11.3 Å². The average molecular weight is 302 g/mol. The first-order valence-electron chi connectivity index (χ1n) is 7.51. The van der Waals surface area contributed by atoms with Gasteiger partial charge < -0.3 is 5.32 Å². The highest BCUT2D eigenvalue weighted by Gasteiger charge is 2.22. The largest absolute Gasteiger partial charge is 0.373 e. The Morgan fingerprint density at radius 2 is 2.33 bits per heavy atom. The maximum atomic E-state index is 4.36. The summed E-state index contributed by atoms with van der Waals surface area (Å²) < 4.78 is 0. The molecule has 3 rings (SSSR count). The van der Waals surface area contributed by atoms with E-state index in [-0.39, 0.29) is 0 Å². The van der Waals surface area contributed by atoms with Crippen molar-refractivity contribution >= 4 is 17.2 Å². The Bertz CT molecular complexity index is 595. The lowest BCUT2D eigenvalue weighted by Crippen LogP contribution is -2.33. The van der Waals surface area contributed by atoms with E-state index in [1.165, 1.54) is 35.5 Å². The zero-order valence-corrected chi connectivity index (χ0v) is 13.5. The number of rotatable bonds is 4. The van der Waals surface area contributed by atoms with E-state index in [0.717, 1.165) is 18.9 Å². The van der Waals surface area contributed by atoms with E-state index in [2.05, 4.69) is 39.2 Å². The van der Waals surface area contributed by atoms with E-state index < -0.39 is 0 Å². The van der Waals surface area contributed by atoms with Crippen molar-refractivity contribution < 1.29 is 0 Å². The van der Waals surface area contributed by atoms with Crippen LogP contribution in [0.1, 0.15) is 34.9 Å². The lowest BCUT2D eigenvalue weighted by Gasteiger charge is -2.32. The van der Waals surface area contributed by atoms with Crippen LogP contribution >= 0.6 is 11.3 Å². The maximum Gasteiger partial charge on any atom is 0.125 e. The topological polar surface area (TPSA) is 41.0 Å². The van der Waals surface area contributed by atoms with Crippen LogP contribution in [-0.2, 0) is 6.54 Å². The van der Waals surface area contributed by atoms with Crippen molar-refractivity contribution in [3.63, 3.8) is 0 Å². The van der Waals surface area contributed by atoms with Gasteiger partial charge >= 0.3 is 0 Å². The summed E-state index contributed by atoms with van der Waals surface area (Å²) in [6, 6.07) is 4.35. The molecular formula is C16H22N4S. The summed E-state index contributed by atoms with van der Waals surface area (Å²) in [5.41, 5.74) is 4.54. The number of thiazole rings is 1. The Labute approximate surface area is 130 Å². The number of pyridine rings is 1. The summed E-state index contributed by atoms with van der Waals surface area (Å²) in [5, 5.41) is 3.13. The molecule has 4 nitrogen and oxygen atoms in total. The van der Waals surface area contributed by atoms with Crippen LogP contribution < -0.4 is 5.32 Å². The monoisotopic (exact) mass is 302 g/mol. The number of nitrogens with zero attached hydrogens (tertiary/aromatic N) is 3. The molecule has 1 fully saturated rings. The molecule has 0 unspecified atom stereocenters. The quantitative estimate of drug-likeness (QED) is 0.941. The van der Waals surface area contributed by atoms with Crippen LogP contribution in [0, 0.1) is 6.92 Å². The number of likely N-dealkylation sites (tertiary alicyclic amines) is 1. The number of anilines is 1. The summed E-state index contributed by atoms with van der Waals surface area (Å²) >= 11 is 1.77. The molecule has 1 atom stereocenters. The minimum absolute atomic E-state index is 0.613. The normalized spacial score (nSPS) is 19.6. The third-order valence-corrected chi connectivity index (χ3v) is 5.15. The lowest BCUT2D eigenvalue weighted by molar-refractivity contribution is 0.201. The standard InChI is InChI=1S/C16H22N4S/c1-12-15(21-11-19-12)10-20-7-3-4-14(9-20)13-5-6-18-16(8-13)17-2/h5-6,8,11,14H,3-4,7,9-10H2,1-2H3,(H,17,18)/t14-/m0/s1. The predicted octanol–water partition coefficient (Wildman–Crippen LogP) is 3.27. The summed E-state index contributed by atoms with van der Waals surface area (Å²) in [6.07, 6.45) is 4.44. The molecule has 0 aromatic carbocycles. The zero-order chi connectivity index (χ0) is 14.7. The van der Waals surface area contributed by atoms with Crippen molar-refractivity contribution in [3.05, 3.63) is 40.0 Å². The van der Waals surface area contributed by atoms with Gasteiger partial charge in [0.2, 0.25) is 0 Å². The molecule has 0 spiro atoms. The SMILES string of the molecule is CNc1cc([C@H]2CCCN(Cc3scnc3C)C2)ccn1. The van der Waals surface area contributed by atoms with Gasteiger partial charge in [-0.2, -0.15) is 0 Å². The minimum Gasteiger partial charge on any atom is -0.373 e. The highest BCUT2D eigenvalue weighted by molar-refractivity contribution is 7.09. The molecule has 0 saturated carbocycles. The van der Waals surface area contributed by atoms with Gasteiger partial charge in [-0.25, -0.2) is 9.97 Å². The van der Waals surface area contributed by atoms with Gasteiger partial charge in [0.25, 0.3) is 0 Å². The lowest BCUT2D eigenvalue weighted by atomic mass is 9.91. The van der Waals surface area contributed by atoms with Crippen LogP contribution in [-0.4, -0.2) is 35.0 Å². The number of aromatic nitrogens is 2. The fourth-order valence-electron chi connectivity index (χ4n) is 2.99. The van der Waals surface area contributed by atoms with Gasteiger partial charge in [0.15, 0.2) is 0 Å². The van der Waals surface area contributed by atoms with Crippen LogP contribution in [0.5, 0.6) is 0 Å². The van der Waals surface area contributed by atoms with Gasteiger partial charge in [-0.05, 0) is 49.9 Å². The van der Waals surface area contributed by atoms with E-state index in [0.29, 0.717) is 5.92 Å². The first-order valence-corrected chi connectivity index (χ1v) is 8.39. The van der Waals surface area contributed by atoms with Crippen LogP contribution in [0.2, 0.25) is 0 Å². The first-order chi connectivity index (χ1) is 10.3. The van der Waals surface area contributed by atoms with Crippen molar-refractivity contribution in [1.29, 1.82) is 0 Å². The first kappa shape index (κ1) is 14.5. The second kappa shape index (κ2) is 6.54. The summed E-state index contributed by atoms with van der Waals surface area (Å²) in [7, 11) is 1.92. The molecule has 2 aromatic heterocycles. The third kappa shape index (κ3) is 3.41. The molecule has 2 aromatic rings. The molecule has 0 bridgehead atoms. The second-order valence-corrected chi connectivity index (χ2v) is 6.60. The van der Waals surface area contributed by atoms with Crippen molar-refractivity contribution in [2.24, 2.45) is 0 Å². The van der Waals surface area contributed by atoms with Gasteiger partial charge in [0.1, 0.15) is 5.82 Å². The smallest absolute Gasteiger partial charge is 0.125 e. The van der Waals surface area contributed by atoms with Crippen LogP contribution in [0.15, 0.2) is 23.8 Å². The molecule has 1 aliphatic heterocycles. The van der Waals surface area contributed by atoms with E-state index >= 15 is 0 Å². The molecular weight excluding hydrogens is 280 g/mol. The Hall–Kier alpha value is -1.46. The molecule has 1 aliphatic rings. The van der Waals surface area contributed by atoms with Crippen molar-refractivity contribution in [2.45, 2.75) is 32.2 Å². The number of piperidine rings is 1. The van der Waals surface area contributed by atoms with Crippen LogP contribution in [0.25, 0.3) is 0 Å². The second-order valence-electron chi connectivity index (χ2n) is 5.66. The minimum atomic E-state index is 0.613. The van der Waals surface area contributed by atoms with Crippen molar-refractivity contribution in [3.8, 4) is 0 Å². The molecule has 1 saturated heterocycles. The van der Waals surface area contributed by atoms with E-state index in [1.807, 2.05) is 18.8 Å². The Morgan fingerprint density at radius 3 is 3.10 bits per heavy atom. The van der Waals surface area contributed by atoms with Gasteiger partial charge in [-0.3, -0.25) is 4.90 Å². The molecule has 5 heteroatoms. The number of nitrogens with one attached hydrogen (secondary N) is 1. The van der Waals surface area contributed by atoms with Gasteiger partial charge in [-0.1, -0.05) is 0 Å². The molecule has 3 heterocycles. The molecule has 21 heavy (non-hydrogen) atoms. The van der Waals surface area contributed by atoms with Gasteiger partial charge in [0.05, 0.1) is 11.2 Å². The Morgan fingerprint density at radius 1 is 1.43 bits per heavy atom. The van der Waals surface area contributed by atoms with Gasteiger partial charge in [0, 0.05) is 31.2 Å². The van der Waals surface area contributed by atoms with Crippen molar-refractivity contribution in [2.75, 3.05) is 25.5 Å². The predicted molar refractivity (Wildman–Crippen MR) is 87.9 cm³/mol. The Balaban J connectivity index is 1.69.